The predicted molar refractivity (Wildman–Crippen MR) is 90.3 cm³/mol. The summed E-state index contributed by atoms with van der Waals surface area (Å²) in [5.41, 5.74) is -0.276. The molecule has 1 aliphatic rings. The van der Waals surface area contributed by atoms with Crippen molar-refractivity contribution in [1.29, 1.82) is 0 Å². The summed E-state index contributed by atoms with van der Waals surface area (Å²) in [6.07, 6.45) is -3.56. The zero-order chi connectivity index (χ0) is 18.7. The number of anilines is 1. The van der Waals surface area contributed by atoms with Gasteiger partial charge in [-0.1, -0.05) is 12.1 Å². The average Bonchev–Trinajstić information content (AvgIpc) is 2.67. The fraction of sp³-hybridized carbons (Fsp3) is 0.333. The van der Waals surface area contributed by atoms with Gasteiger partial charge in [0.15, 0.2) is 0 Å². The van der Waals surface area contributed by atoms with Gasteiger partial charge in [-0.15, -0.1) is 0 Å². The van der Waals surface area contributed by atoms with Crippen LogP contribution in [0.4, 0.5) is 19.0 Å². The van der Waals surface area contributed by atoms with Crippen molar-refractivity contribution < 1.29 is 22.7 Å². The molecule has 0 unspecified atom stereocenters. The van der Waals surface area contributed by atoms with E-state index >= 15 is 0 Å². The summed E-state index contributed by atoms with van der Waals surface area (Å²) in [6, 6.07) is 9.40. The second kappa shape index (κ2) is 7.23. The summed E-state index contributed by atoms with van der Waals surface area (Å²) >= 11 is 0. The van der Waals surface area contributed by atoms with Crippen LogP contribution in [0, 0.1) is 0 Å². The van der Waals surface area contributed by atoms with Crippen LogP contribution >= 0.6 is 0 Å². The summed E-state index contributed by atoms with van der Waals surface area (Å²) in [4.78, 5) is 20.1. The Balaban J connectivity index is 1.65. The summed E-state index contributed by atoms with van der Waals surface area (Å²) in [6.45, 7) is 1.91. The number of pyridine rings is 1. The van der Waals surface area contributed by atoms with Crippen LogP contribution in [-0.2, 0) is 6.18 Å². The molecule has 2 heterocycles. The molecule has 0 N–H and O–H groups in total. The number of carbonyl (C=O) groups is 1. The van der Waals surface area contributed by atoms with Gasteiger partial charge in [-0.3, -0.25) is 4.79 Å². The molecule has 2 aromatic rings. The van der Waals surface area contributed by atoms with Crippen molar-refractivity contribution in [2.75, 3.05) is 38.2 Å². The highest BCUT2D eigenvalue weighted by atomic mass is 19.4. The maximum Gasteiger partial charge on any atom is 0.417 e. The number of carbonyl (C=O) groups excluding carboxylic acids is 1. The Labute approximate surface area is 149 Å². The highest BCUT2D eigenvalue weighted by Gasteiger charge is 2.31. The molecule has 1 aromatic heterocycles. The molecule has 0 atom stereocenters. The highest BCUT2D eigenvalue weighted by molar-refractivity contribution is 5.97. The molecule has 1 aromatic carbocycles. The second-order valence-corrected chi connectivity index (χ2v) is 5.88. The fourth-order valence-electron chi connectivity index (χ4n) is 2.87. The molecule has 26 heavy (non-hydrogen) atoms. The van der Waals surface area contributed by atoms with Crippen molar-refractivity contribution in [3.8, 4) is 5.75 Å². The fourth-order valence-corrected chi connectivity index (χ4v) is 2.87. The smallest absolute Gasteiger partial charge is 0.417 e. The number of halogens is 3. The van der Waals surface area contributed by atoms with E-state index in [2.05, 4.69) is 4.98 Å². The van der Waals surface area contributed by atoms with Gasteiger partial charge in [0.1, 0.15) is 11.6 Å². The third-order valence-corrected chi connectivity index (χ3v) is 4.30. The number of piperazine rings is 1. The van der Waals surface area contributed by atoms with E-state index in [1.807, 2.05) is 4.90 Å². The van der Waals surface area contributed by atoms with Gasteiger partial charge in [0.25, 0.3) is 5.91 Å². The van der Waals surface area contributed by atoms with Gasteiger partial charge < -0.3 is 14.5 Å². The van der Waals surface area contributed by atoms with Gasteiger partial charge in [-0.05, 0) is 24.3 Å². The Morgan fingerprint density at radius 1 is 1.08 bits per heavy atom. The van der Waals surface area contributed by atoms with Gasteiger partial charge in [-0.2, -0.15) is 13.2 Å². The number of amides is 1. The maximum absolute atomic E-state index is 12.7. The Morgan fingerprint density at radius 2 is 1.77 bits per heavy atom. The van der Waals surface area contributed by atoms with Crippen LogP contribution in [0.15, 0.2) is 42.6 Å². The van der Waals surface area contributed by atoms with E-state index in [1.165, 1.54) is 13.2 Å². The third-order valence-electron chi connectivity index (χ3n) is 4.30. The number of rotatable bonds is 3. The van der Waals surface area contributed by atoms with Crippen LogP contribution < -0.4 is 9.64 Å². The van der Waals surface area contributed by atoms with Crippen LogP contribution in [0.5, 0.6) is 5.75 Å². The number of alkyl halides is 3. The van der Waals surface area contributed by atoms with Crippen LogP contribution in [0.2, 0.25) is 0 Å². The first-order valence-electron chi connectivity index (χ1n) is 8.10. The molecular weight excluding hydrogens is 347 g/mol. The minimum atomic E-state index is -4.40. The Morgan fingerprint density at radius 3 is 2.35 bits per heavy atom. The van der Waals surface area contributed by atoms with Crippen molar-refractivity contribution in [3.05, 3.63) is 53.7 Å². The number of para-hydroxylation sites is 1. The van der Waals surface area contributed by atoms with E-state index in [0.717, 1.165) is 12.3 Å². The normalized spacial score (nSPS) is 15.1. The number of methoxy groups -OCH3 is 1. The lowest BCUT2D eigenvalue weighted by Crippen LogP contribution is -2.49. The molecule has 8 heteroatoms. The van der Waals surface area contributed by atoms with E-state index < -0.39 is 11.7 Å². The monoisotopic (exact) mass is 365 g/mol. The van der Waals surface area contributed by atoms with E-state index in [-0.39, 0.29) is 5.91 Å². The molecule has 1 saturated heterocycles. The van der Waals surface area contributed by atoms with E-state index in [1.54, 1.807) is 29.2 Å². The molecule has 138 valence electrons. The van der Waals surface area contributed by atoms with Crippen molar-refractivity contribution in [2.24, 2.45) is 0 Å². The first kappa shape index (κ1) is 18.0. The molecule has 0 spiro atoms. The minimum absolute atomic E-state index is 0.123. The number of nitrogens with zero attached hydrogens (tertiary/aromatic N) is 3. The van der Waals surface area contributed by atoms with E-state index in [0.29, 0.717) is 43.3 Å². The molecule has 1 fully saturated rings. The van der Waals surface area contributed by atoms with Gasteiger partial charge in [0.2, 0.25) is 0 Å². The quantitative estimate of drug-likeness (QED) is 0.839. The second-order valence-electron chi connectivity index (χ2n) is 5.88. The molecule has 0 bridgehead atoms. The molecule has 3 rings (SSSR count). The van der Waals surface area contributed by atoms with Gasteiger partial charge in [0.05, 0.1) is 18.2 Å². The lowest BCUT2D eigenvalue weighted by atomic mass is 10.1. The van der Waals surface area contributed by atoms with Crippen LogP contribution in [-0.4, -0.2) is 49.1 Å². The van der Waals surface area contributed by atoms with Crippen LogP contribution in [0.1, 0.15) is 15.9 Å². The Hall–Kier alpha value is -2.77. The minimum Gasteiger partial charge on any atom is -0.496 e. The molecule has 5 nitrogen and oxygen atoms in total. The lowest BCUT2D eigenvalue weighted by Gasteiger charge is -2.35. The van der Waals surface area contributed by atoms with E-state index in [4.69, 9.17) is 4.74 Å². The van der Waals surface area contributed by atoms with Crippen molar-refractivity contribution in [1.82, 2.24) is 9.88 Å². The molecule has 1 aliphatic heterocycles. The zero-order valence-corrected chi connectivity index (χ0v) is 14.2. The zero-order valence-electron chi connectivity index (χ0n) is 14.2. The van der Waals surface area contributed by atoms with Gasteiger partial charge in [-0.25, -0.2) is 4.98 Å². The Bertz CT molecular complexity index is 770. The summed E-state index contributed by atoms with van der Waals surface area (Å²) < 4.78 is 43.1. The molecular formula is C18H18F3N3O2. The van der Waals surface area contributed by atoms with Crippen LogP contribution in [0.3, 0.4) is 0 Å². The number of ether oxygens (including phenoxy) is 1. The van der Waals surface area contributed by atoms with Crippen LogP contribution in [0.25, 0.3) is 0 Å². The van der Waals surface area contributed by atoms with Crippen molar-refractivity contribution in [3.63, 3.8) is 0 Å². The van der Waals surface area contributed by atoms with Gasteiger partial charge in [0, 0.05) is 32.4 Å². The standard InChI is InChI=1S/C18H18F3N3O2/c1-26-15-5-3-2-4-14(15)17(25)24-10-8-23(9-11-24)16-7-6-13(12-22-16)18(19,20)21/h2-7,12H,8-11H2,1H3. The lowest BCUT2D eigenvalue weighted by molar-refractivity contribution is -0.137. The van der Waals surface area contributed by atoms with Crippen molar-refractivity contribution in [2.45, 2.75) is 6.18 Å². The average molecular weight is 365 g/mol. The number of hydrogen-bond acceptors (Lipinski definition) is 4. The third kappa shape index (κ3) is 3.74. The first-order valence-corrected chi connectivity index (χ1v) is 8.10. The number of hydrogen-bond donors (Lipinski definition) is 0. The summed E-state index contributed by atoms with van der Waals surface area (Å²) in [5.74, 6) is 0.870. The van der Waals surface area contributed by atoms with Gasteiger partial charge >= 0.3 is 6.18 Å². The van der Waals surface area contributed by atoms with E-state index in [9.17, 15) is 18.0 Å². The molecule has 0 aliphatic carbocycles. The predicted octanol–water partition coefficient (Wildman–Crippen LogP) is 3.07. The van der Waals surface area contributed by atoms with Crippen molar-refractivity contribution >= 4 is 11.7 Å². The first-order chi connectivity index (χ1) is 12.4. The SMILES string of the molecule is COc1ccccc1C(=O)N1CCN(c2ccc(C(F)(F)F)cn2)CC1. The maximum atomic E-state index is 12.7. The highest BCUT2D eigenvalue weighted by Crippen LogP contribution is 2.29. The number of benzene rings is 1. The number of aromatic nitrogens is 1. The summed E-state index contributed by atoms with van der Waals surface area (Å²) in [7, 11) is 1.51. The molecule has 0 saturated carbocycles. The molecule has 1 amide bonds. The molecule has 0 radical (unpaired) electrons. The largest absolute Gasteiger partial charge is 0.496 e. The Kier molecular flexibility index (Phi) is 5.01. The summed E-state index contributed by atoms with van der Waals surface area (Å²) in [5, 5.41) is 0. The topological polar surface area (TPSA) is 45.7 Å².